The number of nitrogens with zero attached hydrogens (tertiary/aromatic N) is 4. The van der Waals surface area contributed by atoms with E-state index >= 15 is 0 Å². The molecule has 1 aliphatic heterocycles. The number of thiophene rings is 1. The van der Waals surface area contributed by atoms with Crippen LogP contribution in [0.4, 0.5) is 5.95 Å². The highest BCUT2D eigenvalue weighted by Crippen LogP contribution is 2.35. The second-order valence-corrected chi connectivity index (χ2v) is 10.4. The third-order valence-corrected chi connectivity index (χ3v) is 7.59. The van der Waals surface area contributed by atoms with Crippen molar-refractivity contribution >= 4 is 33.5 Å². The van der Waals surface area contributed by atoms with Crippen LogP contribution < -0.4 is 10.1 Å². The van der Waals surface area contributed by atoms with Gasteiger partial charge in [-0.25, -0.2) is 9.78 Å². The monoisotopic (exact) mass is 527 g/mol. The first-order valence-corrected chi connectivity index (χ1v) is 13.4. The summed E-state index contributed by atoms with van der Waals surface area (Å²) >= 11 is 1.56. The van der Waals surface area contributed by atoms with Crippen LogP contribution in [-0.4, -0.2) is 47.1 Å². The van der Waals surface area contributed by atoms with E-state index in [1.165, 1.54) is 12.7 Å². The number of carbonyl (C=O) groups excluding carboxylic acids is 1. The molecule has 2 aromatic carbocycles. The van der Waals surface area contributed by atoms with Crippen molar-refractivity contribution in [3.63, 3.8) is 0 Å². The molecule has 0 bridgehead atoms. The van der Waals surface area contributed by atoms with Gasteiger partial charge in [0.25, 0.3) is 0 Å². The van der Waals surface area contributed by atoms with Crippen molar-refractivity contribution in [2.75, 3.05) is 25.5 Å². The molecule has 1 fully saturated rings. The van der Waals surface area contributed by atoms with Crippen molar-refractivity contribution in [1.82, 2.24) is 14.9 Å². The van der Waals surface area contributed by atoms with E-state index < -0.39 is 0 Å². The Morgan fingerprint density at radius 2 is 1.84 bits per heavy atom. The summed E-state index contributed by atoms with van der Waals surface area (Å²) in [5.74, 6) is 1.48. The Balaban J connectivity index is 1.24. The number of ether oxygens (including phenoxy) is 2. The van der Waals surface area contributed by atoms with Gasteiger partial charge in [-0.15, -0.1) is 11.3 Å². The minimum atomic E-state index is -0.317. The van der Waals surface area contributed by atoms with Crippen LogP contribution in [0.1, 0.15) is 45.5 Å². The lowest BCUT2D eigenvalue weighted by atomic mass is 10.0. The molecular formula is C29H29N5O3S. The number of methoxy groups -OCH3 is 1. The van der Waals surface area contributed by atoms with E-state index in [-0.39, 0.29) is 12.0 Å². The zero-order valence-electron chi connectivity index (χ0n) is 21.7. The number of carbonyl (C=O) groups is 1. The van der Waals surface area contributed by atoms with Gasteiger partial charge in [0.15, 0.2) is 0 Å². The Labute approximate surface area is 225 Å². The summed E-state index contributed by atoms with van der Waals surface area (Å²) in [4.78, 5) is 24.4. The highest BCUT2D eigenvalue weighted by molar-refractivity contribution is 7.16. The standard InChI is InChI=1S/C29H29N5O3S/c1-18-14-21(16-30)15-19(2)25(18)37-26-24-10-13-38-27(24)33-29(32-26)31-23-8-11-34(12-9-23)17-20-4-6-22(7-5-20)28(35)36-3/h4-7,10,13-15,23H,8-9,11-12,17H2,1-3H3,(H,31,32,33). The molecule has 0 saturated carbocycles. The second kappa shape index (κ2) is 11.2. The third-order valence-electron chi connectivity index (χ3n) is 6.78. The van der Waals surface area contributed by atoms with Gasteiger partial charge in [-0.2, -0.15) is 10.2 Å². The number of piperidine rings is 1. The highest BCUT2D eigenvalue weighted by Gasteiger charge is 2.22. The van der Waals surface area contributed by atoms with E-state index in [9.17, 15) is 10.1 Å². The highest BCUT2D eigenvalue weighted by atomic mass is 32.1. The maximum Gasteiger partial charge on any atom is 0.337 e. The molecule has 4 aromatic rings. The molecule has 194 valence electrons. The number of hydrogen-bond acceptors (Lipinski definition) is 9. The molecule has 9 heteroatoms. The fourth-order valence-electron chi connectivity index (χ4n) is 4.78. The lowest BCUT2D eigenvalue weighted by Gasteiger charge is -2.32. The minimum absolute atomic E-state index is 0.261. The number of nitrogens with one attached hydrogen (secondary N) is 1. The van der Waals surface area contributed by atoms with Gasteiger partial charge in [0.05, 0.1) is 29.7 Å². The summed E-state index contributed by atoms with van der Waals surface area (Å²) in [5.41, 5.74) is 4.14. The molecule has 0 spiro atoms. The molecule has 1 saturated heterocycles. The molecule has 5 rings (SSSR count). The van der Waals surface area contributed by atoms with Gasteiger partial charge >= 0.3 is 5.97 Å². The summed E-state index contributed by atoms with van der Waals surface area (Å²) in [7, 11) is 1.39. The van der Waals surface area contributed by atoms with Gasteiger partial charge in [-0.3, -0.25) is 4.90 Å². The Morgan fingerprint density at radius 3 is 2.50 bits per heavy atom. The van der Waals surface area contributed by atoms with Crippen LogP contribution in [0.3, 0.4) is 0 Å². The number of anilines is 1. The molecule has 1 aliphatic rings. The van der Waals surface area contributed by atoms with Crippen molar-refractivity contribution in [3.8, 4) is 17.7 Å². The van der Waals surface area contributed by atoms with E-state index in [4.69, 9.17) is 19.4 Å². The summed E-state index contributed by atoms with van der Waals surface area (Å²) in [6.07, 6.45) is 1.94. The number of aromatic nitrogens is 2. The van der Waals surface area contributed by atoms with Gasteiger partial charge in [0, 0.05) is 25.7 Å². The van der Waals surface area contributed by atoms with Crippen LogP contribution in [-0.2, 0) is 11.3 Å². The normalized spacial score (nSPS) is 14.3. The van der Waals surface area contributed by atoms with Gasteiger partial charge in [-0.05, 0) is 79.1 Å². The summed E-state index contributed by atoms with van der Waals surface area (Å²) in [6, 6.07) is 15.7. The Kier molecular flexibility index (Phi) is 7.54. The fourth-order valence-corrected chi connectivity index (χ4v) is 5.54. The fraction of sp³-hybridized carbons (Fsp3) is 0.310. The van der Waals surface area contributed by atoms with Crippen molar-refractivity contribution in [3.05, 3.63) is 75.7 Å². The van der Waals surface area contributed by atoms with E-state index in [1.54, 1.807) is 11.3 Å². The predicted molar refractivity (Wildman–Crippen MR) is 148 cm³/mol. The summed E-state index contributed by atoms with van der Waals surface area (Å²) in [6.45, 7) is 6.62. The van der Waals surface area contributed by atoms with Crippen molar-refractivity contribution in [1.29, 1.82) is 5.26 Å². The van der Waals surface area contributed by atoms with Gasteiger partial charge in [0.2, 0.25) is 11.8 Å². The van der Waals surface area contributed by atoms with E-state index in [2.05, 4.69) is 16.3 Å². The van der Waals surface area contributed by atoms with Gasteiger partial charge in [-0.1, -0.05) is 12.1 Å². The van der Waals surface area contributed by atoms with Crippen LogP contribution in [0, 0.1) is 25.2 Å². The molecule has 38 heavy (non-hydrogen) atoms. The molecule has 0 unspecified atom stereocenters. The van der Waals surface area contributed by atoms with E-state index in [0.29, 0.717) is 28.7 Å². The number of aryl methyl sites for hydroxylation is 2. The maximum absolute atomic E-state index is 11.7. The second-order valence-electron chi connectivity index (χ2n) is 9.53. The smallest absolute Gasteiger partial charge is 0.337 e. The van der Waals surface area contributed by atoms with E-state index in [1.807, 2.05) is 61.7 Å². The number of fused-ring (bicyclic) bond motifs is 1. The van der Waals surface area contributed by atoms with Crippen molar-refractivity contribution < 1.29 is 14.3 Å². The molecule has 0 amide bonds. The number of nitriles is 1. The molecule has 8 nitrogen and oxygen atoms in total. The molecule has 3 heterocycles. The number of hydrogen-bond donors (Lipinski definition) is 1. The number of likely N-dealkylation sites (tertiary alicyclic amines) is 1. The topological polar surface area (TPSA) is 100 Å². The van der Waals surface area contributed by atoms with Crippen LogP contribution >= 0.6 is 11.3 Å². The Morgan fingerprint density at radius 1 is 1.13 bits per heavy atom. The predicted octanol–water partition coefficient (Wildman–Crippen LogP) is 5.84. The molecule has 1 N–H and O–H groups in total. The number of esters is 1. The molecule has 2 aromatic heterocycles. The lowest BCUT2D eigenvalue weighted by Crippen LogP contribution is -2.39. The quantitative estimate of drug-likeness (QED) is 0.300. The molecular weight excluding hydrogens is 498 g/mol. The molecule has 0 radical (unpaired) electrons. The number of benzene rings is 2. The largest absolute Gasteiger partial charge is 0.465 e. The third kappa shape index (κ3) is 5.62. The minimum Gasteiger partial charge on any atom is -0.465 e. The van der Waals surface area contributed by atoms with Crippen LogP contribution in [0.15, 0.2) is 47.8 Å². The summed E-state index contributed by atoms with van der Waals surface area (Å²) in [5, 5.41) is 15.7. The first-order valence-electron chi connectivity index (χ1n) is 12.5. The van der Waals surface area contributed by atoms with Gasteiger partial charge < -0.3 is 14.8 Å². The van der Waals surface area contributed by atoms with Crippen LogP contribution in [0.5, 0.6) is 11.6 Å². The first-order chi connectivity index (χ1) is 18.4. The van der Waals surface area contributed by atoms with Crippen molar-refractivity contribution in [2.45, 2.75) is 39.3 Å². The zero-order chi connectivity index (χ0) is 26.6. The van der Waals surface area contributed by atoms with Crippen LogP contribution in [0.25, 0.3) is 10.2 Å². The van der Waals surface area contributed by atoms with Gasteiger partial charge in [0.1, 0.15) is 10.6 Å². The Bertz CT molecular complexity index is 1480. The SMILES string of the molecule is COC(=O)c1ccc(CN2CCC(Nc3nc(Oc4c(C)cc(C#N)cc4C)c4ccsc4n3)CC2)cc1. The average molecular weight is 528 g/mol. The Hall–Kier alpha value is -4.00. The average Bonchev–Trinajstić information content (AvgIpc) is 3.40. The summed E-state index contributed by atoms with van der Waals surface area (Å²) < 4.78 is 11.1. The first kappa shape index (κ1) is 25.6. The number of rotatable bonds is 7. The van der Waals surface area contributed by atoms with E-state index in [0.717, 1.165) is 53.8 Å². The van der Waals surface area contributed by atoms with Crippen molar-refractivity contribution in [2.24, 2.45) is 0 Å². The molecule has 0 atom stereocenters. The molecule has 0 aliphatic carbocycles. The zero-order valence-corrected chi connectivity index (χ0v) is 22.5. The maximum atomic E-state index is 11.7. The van der Waals surface area contributed by atoms with Crippen LogP contribution in [0.2, 0.25) is 0 Å². The lowest BCUT2D eigenvalue weighted by molar-refractivity contribution is 0.0600.